The lowest BCUT2D eigenvalue weighted by Crippen LogP contribution is -2.24. The molecular formula is C13H13NOS. The Balaban J connectivity index is 1.93. The lowest BCUT2D eigenvalue weighted by molar-refractivity contribution is -0.117. The van der Waals surface area contributed by atoms with Crippen molar-refractivity contribution in [2.75, 3.05) is 0 Å². The maximum Gasteiger partial charge on any atom is 0.230 e. The number of nitrogens with two attached hydrogens (primary N) is 1. The standard InChI is InChI=1S/C13H13NOS/c14-13(15)12-7-10-5-8-3-1-2-4-9(8)6-11(10)16-12/h1-4,6,10,12H,5,7H2,(H2,14,15). The second-order valence-electron chi connectivity index (χ2n) is 4.39. The van der Waals surface area contributed by atoms with Crippen LogP contribution in [0.2, 0.25) is 0 Å². The summed E-state index contributed by atoms with van der Waals surface area (Å²) in [5, 5.41) is -0.0226. The highest BCUT2D eigenvalue weighted by molar-refractivity contribution is 8.04. The van der Waals surface area contributed by atoms with Crippen LogP contribution in [0, 0.1) is 5.92 Å². The largest absolute Gasteiger partial charge is 0.369 e. The fourth-order valence-electron chi connectivity index (χ4n) is 2.47. The Morgan fingerprint density at radius 1 is 1.38 bits per heavy atom. The van der Waals surface area contributed by atoms with Crippen molar-refractivity contribution >= 4 is 23.7 Å². The number of amides is 1. The van der Waals surface area contributed by atoms with Crippen LogP contribution in [0.5, 0.6) is 0 Å². The third kappa shape index (κ3) is 1.55. The number of allylic oxidation sites excluding steroid dienone is 1. The number of rotatable bonds is 1. The van der Waals surface area contributed by atoms with E-state index in [9.17, 15) is 4.79 Å². The highest BCUT2D eigenvalue weighted by atomic mass is 32.2. The van der Waals surface area contributed by atoms with E-state index in [2.05, 4.69) is 30.3 Å². The van der Waals surface area contributed by atoms with E-state index in [1.165, 1.54) is 16.0 Å². The molecule has 0 saturated carbocycles. The first-order valence-electron chi connectivity index (χ1n) is 5.49. The van der Waals surface area contributed by atoms with Crippen molar-refractivity contribution < 1.29 is 4.79 Å². The molecule has 3 heteroatoms. The fraction of sp³-hybridized carbons (Fsp3) is 0.308. The van der Waals surface area contributed by atoms with Crippen molar-refractivity contribution in [2.24, 2.45) is 11.7 Å². The van der Waals surface area contributed by atoms with E-state index in [4.69, 9.17) is 5.73 Å². The summed E-state index contributed by atoms with van der Waals surface area (Å²) in [6.45, 7) is 0. The summed E-state index contributed by atoms with van der Waals surface area (Å²) in [6, 6.07) is 8.44. The second-order valence-corrected chi connectivity index (χ2v) is 5.67. The molecule has 2 nitrogen and oxygen atoms in total. The van der Waals surface area contributed by atoms with Crippen molar-refractivity contribution in [1.82, 2.24) is 0 Å². The Hall–Kier alpha value is -1.22. The third-order valence-electron chi connectivity index (χ3n) is 3.32. The van der Waals surface area contributed by atoms with Gasteiger partial charge in [0.05, 0.1) is 5.25 Å². The summed E-state index contributed by atoms with van der Waals surface area (Å²) < 4.78 is 0. The first kappa shape index (κ1) is 9.97. The van der Waals surface area contributed by atoms with E-state index in [1.54, 1.807) is 11.8 Å². The zero-order chi connectivity index (χ0) is 11.1. The maximum absolute atomic E-state index is 11.2. The summed E-state index contributed by atoms with van der Waals surface area (Å²) in [6.07, 6.45) is 4.18. The first-order valence-corrected chi connectivity index (χ1v) is 6.37. The normalized spacial score (nSPS) is 26.9. The predicted molar refractivity (Wildman–Crippen MR) is 66.8 cm³/mol. The molecule has 1 aliphatic heterocycles. The summed E-state index contributed by atoms with van der Waals surface area (Å²) in [5.74, 6) is 0.335. The van der Waals surface area contributed by atoms with Crippen LogP contribution in [-0.4, -0.2) is 11.2 Å². The first-order chi connectivity index (χ1) is 7.74. The van der Waals surface area contributed by atoms with Gasteiger partial charge < -0.3 is 5.73 Å². The van der Waals surface area contributed by atoms with Crippen molar-refractivity contribution in [1.29, 1.82) is 0 Å². The van der Waals surface area contributed by atoms with Gasteiger partial charge in [0.25, 0.3) is 0 Å². The van der Waals surface area contributed by atoms with Gasteiger partial charge in [-0.25, -0.2) is 0 Å². The van der Waals surface area contributed by atoms with E-state index in [0.717, 1.165) is 12.8 Å². The lowest BCUT2D eigenvalue weighted by Gasteiger charge is -2.18. The molecule has 2 aliphatic rings. The van der Waals surface area contributed by atoms with Crippen LogP contribution in [0.25, 0.3) is 6.08 Å². The zero-order valence-electron chi connectivity index (χ0n) is 8.85. The van der Waals surface area contributed by atoms with Gasteiger partial charge in [-0.05, 0) is 40.9 Å². The average molecular weight is 231 g/mol. The molecule has 2 atom stereocenters. The number of benzene rings is 1. The van der Waals surface area contributed by atoms with E-state index in [-0.39, 0.29) is 11.2 Å². The SMILES string of the molecule is NC(=O)C1CC2Cc3ccccc3C=C2S1. The second kappa shape index (κ2) is 3.67. The molecule has 16 heavy (non-hydrogen) atoms. The number of thioether (sulfide) groups is 1. The molecule has 1 fully saturated rings. The zero-order valence-corrected chi connectivity index (χ0v) is 9.67. The molecule has 82 valence electrons. The van der Waals surface area contributed by atoms with Crippen molar-refractivity contribution in [2.45, 2.75) is 18.1 Å². The summed E-state index contributed by atoms with van der Waals surface area (Å²) in [7, 11) is 0. The summed E-state index contributed by atoms with van der Waals surface area (Å²) in [4.78, 5) is 12.5. The molecule has 1 aromatic carbocycles. The van der Waals surface area contributed by atoms with E-state index < -0.39 is 0 Å². The molecule has 1 saturated heterocycles. The summed E-state index contributed by atoms with van der Waals surface area (Å²) >= 11 is 1.65. The van der Waals surface area contributed by atoms with Gasteiger partial charge in [0.15, 0.2) is 0 Å². The maximum atomic E-state index is 11.2. The fourth-order valence-corrected chi connectivity index (χ4v) is 3.81. The Kier molecular flexibility index (Phi) is 2.28. The number of hydrogen-bond acceptors (Lipinski definition) is 2. The van der Waals surface area contributed by atoms with Crippen LogP contribution < -0.4 is 5.73 Å². The molecular weight excluding hydrogens is 218 g/mol. The molecule has 0 spiro atoms. The highest BCUT2D eigenvalue weighted by Crippen LogP contribution is 2.47. The Bertz CT molecular complexity index is 481. The van der Waals surface area contributed by atoms with Gasteiger partial charge in [0.2, 0.25) is 5.91 Å². The molecule has 0 radical (unpaired) electrons. The molecule has 3 rings (SSSR count). The molecule has 0 aromatic heterocycles. The minimum atomic E-state index is -0.177. The highest BCUT2D eigenvalue weighted by Gasteiger charge is 2.35. The number of carbonyl (C=O) groups is 1. The van der Waals surface area contributed by atoms with E-state index in [1.807, 2.05) is 0 Å². The van der Waals surface area contributed by atoms with Gasteiger partial charge in [-0.1, -0.05) is 24.3 Å². The summed E-state index contributed by atoms with van der Waals surface area (Å²) in [5.41, 5.74) is 8.06. The van der Waals surface area contributed by atoms with Gasteiger partial charge >= 0.3 is 0 Å². The molecule has 0 bridgehead atoms. The van der Waals surface area contributed by atoms with Crippen LogP contribution >= 0.6 is 11.8 Å². The average Bonchev–Trinajstić information content (AvgIpc) is 2.68. The van der Waals surface area contributed by atoms with Crippen LogP contribution in [0.4, 0.5) is 0 Å². The van der Waals surface area contributed by atoms with Gasteiger partial charge in [-0.3, -0.25) is 4.79 Å². The predicted octanol–water partition coefficient (Wildman–Crippen LogP) is 2.19. The quantitative estimate of drug-likeness (QED) is 0.805. The van der Waals surface area contributed by atoms with Gasteiger partial charge in [0.1, 0.15) is 0 Å². The van der Waals surface area contributed by atoms with Crippen LogP contribution in [0.3, 0.4) is 0 Å². The molecule has 1 amide bonds. The Morgan fingerprint density at radius 3 is 3.00 bits per heavy atom. The van der Waals surface area contributed by atoms with Crippen LogP contribution in [0.15, 0.2) is 29.2 Å². The number of carbonyl (C=O) groups excluding carboxylic acids is 1. The molecule has 1 aromatic rings. The van der Waals surface area contributed by atoms with Gasteiger partial charge in [0, 0.05) is 0 Å². The van der Waals surface area contributed by atoms with Crippen molar-refractivity contribution in [3.8, 4) is 0 Å². The Morgan fingerprint density at radius 2 is 2.19 bits per heavy atom. The number of fused-ring (bicyclic) bond motifs is 2. The molecule has 1 aliphatic carbocycles. The minimum absolute atomic E-state index is 0.0226. The number of hydrogen-bond donors (Lipinski definition) is 1. The smallest absolute Gasteiger partial charge is 0.230 e. The minimum Gasteiger partial charge on any atom is -0.369 e. The Labute approximate surface area is 98.9 Å². The van der Waals surface area contributed by atoms with Crippen molar-refractivity contribution in [3.63, 3.8) is 0 Å². The van der Waals surface area contributed by atoms with E-state index in [0.29, 0.717) is 5.92 Å². The van der Waals surface area contributed by atoms with E-state index >= 15 is 0 Å². The third-order valence-corrected chi connectivity index (χ3v) is 4.75. The van der Waals surface area contributed by atoms with Gasteiger partial charge in [-0.2, -0.15) is 0 Å². The van der Waals surface area contributed by atoms with Gasteiger partial charge in [-0.15, -0.1) is 11.8 Å². The monoisotopic (exact) mass is 231 g/mol. The lowest BCUT2D eigenvalue weighted by atomic mass is 9.87. The molecule has 2 N–H and O–H groups in total. The number of primary amides is 1. The van der Waals surface area contributed by atoms with Crippen LogP contribution in [0.1, 0.15) is 17.5 Å². The molecule has 2 unspecified atom stereocenters. The molecule has 1 heterocycles. The topological polar surface area (TPSA) is 43.1 Å². The van der Waals surface area contributed by atoms with Crippen molar-refractivity contribution in [3.05, 3.63) is 40.3 Å². The van der Waals surface area contributed by atoms with Crippen LogP contribution in [-0.2, 0) is 11.2 Å².